The molecule has 0 aromatic carbocycles. The Bertz CT molecular complexity index is 270. The monoisotopic (exact) mass is 214 g/mol. The van der Waals surface area contributed by atoms with E-state index in [9.17, 15) is 9.59 Å². The molecule has 0 aromatic rings. The molecule has 0 radical (unpaired) electrons. The fraction of sp³-hybridized carbons (Fsp3) is 0.800. The maximum Gasteiger partial charge on any atom is 0.325 e. The molecule has 1 aliphatic rings. The van der Waals surface area contributed by atoms with Gasteiger partial charge in [0.05, 0.1) is 0 Å². The van der Waals surface area contributed by atoms with Gasteiger partial charge >= 0.3 is 6.03 Å². The summed E-state index contributed by atoms with van der Waals surface area (Å²) in [4.78, 5) is 24.7. The van der Waals surface area contributed by atoms with Gasteiger partial charge in [-0.1, -0.05) is 0 Å². The predicted molar refractivity (Wildman–Crippen MR) is 55.4 cm³/mol. The standard InChI is InChI=1S/C10H18N2O3/c1-10(2,3)12-8(13)7(5-6-15-4)11-9(12)14/h7H,5-6H2,1-4H3,(H,11,14). The first-order valence-electron chi connectivity index (χ1n) is 5.01. The molecule has 0 aromatic heterocycles. The second-order valence-electron chi connectivity index (χ2n) is 4.63. The van der Waals surface area contributed by atoms with Crippen molar-refractivity contribution in [3.63, 3.8) is 0 Å². The number of imide groups is 1. The van der Waals surface area contributed by atoms with Gasteiger partial charge in [0.15, 0.2) is 0 Å². The van der Waals surface area contributed by atoms with Crippen molar-refractivity contribution in [2.24, 2.45) is 0 Å². The summed E-state index contributed by atoms with van der Waals surface area (Å²) < 4.78 is 4.89. The minimum absolute atomic E-state index is 0.162. The molecule has 1 atom stereocenters. The highest BCUT2D eigenvalue weighted by Gasteiger charge is 2.43. The van der Waals surface area contributed by atoms with Crippen molar-refractivity contribution in [1.29, 1.82) is 0 Å². The SMILES string of the molecule is COCCC1NC(=O)N(C(C)(C)C)C1=O. The molecule has 1 fully saturated rings. The first kappa shape index (κ1) is 12.0. The number of rotatable bonds is 3. The van der Waals surface area contributed by atoms with Crippen LogP contribution >= 0.6 is 0 Å². The van der Waals surface area contributed by atoms with Crippen LogP contribution in [0.1, 0.15) is 27.2 Å². The van der Waals surface area contributed by atoms with Crippen LogP contribution in [0.25, 0.3) is 0 Å². The van der Waals surface area contributed by atoms with E-state index in [1.807, 2.05) is 20.8 Å². The summed E-state index contributed by atoms with van der Waals surface area (Å²) in [6.07, 6.45) is 0.521. The van der Waals surface area contributed by atoms with Crippen LogP contribution in [0.15, 0.2) is 0 Å². The molecule has 1 N–H and O–H groups in total. The number of ether oxygens (including phenoxy) is 1. The van der Waals surface area contributed by atoms with E-state index in [-0.39, 0.29) is 11.9 Å². The number of urea groups is 1. The number of hydrogen-bond donors (Lipinski definition) is 1. The highest BCUT2D eigenvalue weighted by molar-refractivity contribution is 6.04. The van der Waals surface area contributed by atoms with Crippen molar-refractivity contribution in [1.82, 2.24) is 10.2 Å². The number of amides is 3. The molecule has 1 heterocycles. The van der Waals surface area contributed by atoms with E-state index in [1.54, 1.807) is 7.11 Å². The van der Waals surface area contributed by atoms with Gasteiger partial charge in [0.1, 0.15) is 6.04 Å². The second-order valence-corrected chi connectivity index (χ2v) is 4.63. The first-order chi connectivity index (χ1) is 6.88. The fourth-order valence-electron chi connectivity index (χ4n) is 1.60. The molecule has 5 nitrogen and oxygen atoms in total. The Morgan fingerprint density at radius 3 is 2.40 bits per heavy atom. The lowest BCUT2D eigenvalue weighted by Gasteiger charge is -2.28. The van der Waals surface area contributed by atoms with Crippen LogP contribution in [-0.4, -0.2) is 42.1 Å². The van der Waals surface area contributed by atoms with Crippen LogP contribution in [0.4, 0.5) is 4.79 Å². The molecule has 86 valence electrons. The van der Waals surface area contributed by atoms with Crippen molar-refractivity contribution in [2.75, 3.05) is 13.7 Å². The van der Waals surface area contributed by atoms with Crippen LogP contribution in [0.3, 0.4) is 0 Å². The van der Waals surface area contributed by atoms with Gasteiger partial charge in [-0.05, 0) is 20.8 Å². The molecule has 0 aliphatic carbocycles. The number of methoxy groups -OCH3 is 1. The lowest BCUT2D eigenvalue weighted by atomic mass is 10.1. The van der Waals surface area contributed by atoms with Crippen LogP contribution in [0.2, 0.25) is 0 Å². The third-order valence-corrected chi connectivity index (χ3v) is 2.30. The Kier molecular flexibility index (Phi) is 3.34. The lowest BCUT2D eigenvalue weighted by Crippen LogP contribution is -2.46. The van der Waals surface area contributed by atoms with Crippen molar-refractivity contribution in [2.45, 2.75) is 38.8 Å². The summed E-state index contributed by atoms with van der Waals surface area (Å²) in [7, 11) is 1.57. The molecule has 1 aliphatic heterocycles. The first-order valence-corrected chi connectivity index (χ1v) is 5.01. The van der Waals surface area contributed by atoms with E-state index >= 15 is 0 Å². The quantitative estimate of drug-likeness (QED) is 0.705. The zero-order chi connectivity index (χ0) is 11.6. The summed E-state index contributed by atoms with van der Waals surface area (Å²) in [6, 6.07) is -0.745. The van der Waals surface area contributed by atoms with E-state index in [0.717, 1.165) is 0 Å². The molecule has 1 unspecified atom stereocenters. The molecule has 0 spiro atoms. The summed E-state index contributed by atoms with van der Waals surface area (Å²) in [5, 5.41) is 2.65. The molecular formula is C10H18N2O3. The molecule has 5 heteroatoms. The highest BCUT2D eigenvalue weighted by Crippen LogP contribution is 2.20. The zero-order valence-electron chi connectivity index (χ0n) is 9.66. The smallest absolute Gasteiger partial charge is 0.325 e. The van der Waals surface area contributed by atoms with Crippen LogP contribution in [0, 0.1) is 0 Å². The average Bonchev–Trinajstić information content (AvgIpc) is 2.36. The predicted octanol–water partition coefficient (Wildman–Crippen LogP) is 0.742. The van der Waals surface area contributed by atoms with Crippen molar-refractivity contribution < 1.29 is 14.3 Å². The van der Waals surface area contributed by atoms with E-state index in [0.29, 0.717) is 13.0 Å². The zero-order valence-corrected chi connectivity index (χ0v) is 9.66. The van der Waals surface area contributed by atoms with Gasteiger partial charge in [-0.15, -0.1) is 0 Å². The van der Waals surface area contributed by atoms with E-state index < -0.39 is 11.6 Å². The third-order valence-electron chi connectivity index (χ3n) is 2.30. The highest BCUT2D eigenvalue weighted by atomic mass is 16.5. The number of carbonyl (C=O) groups excluding carboxylic acids is 2. The average molecular weight is 214 g/mol. The second kappa shape index (κ2) is 4.18. The van der Waals surface area contributed by atoms with Crippen molar-refractivity contribution >= 4 is 11.9 Å². The van der Waals surface area contributed by atoms with Crippen LogP contribution in [-0.2, 0) is 9.53 Å². The Morgan fingerprint density at radius 1 is 1.40 bits per heavy atom. The molecule has 1 saturated heterocycles. The Morgan fingerprint density at radius 2 is 2.00 bits per heavy atom. The largest absolute Gasteiger partial charge is 0.385 e. The Hall–Kier alpha value is -1.10. The molecule has 1 rings (SSSR count). The van der Waals surface area contributed by atoms with Crippen LogP contribution < -0.4 is 5.32 Å². The fourth-order valence-corrected chi connectivity index (χ4v) is 1.60. The summed E-state index contributed by atoms with van der Waals surface area (Å²) in [6.45, 7) is 5.98. The Balaban J connectivity index is 2.71. The maximum atomic E-state index is 11.9. The molecule has 15 heavy (non-hydrogen) atoms. The van der Waals surface area contributed by atoms with Crippen LogP contribution in [0.5, 0.6) is 0 Å². The topological polar surface area (TPSA) is 58.6 Å². The van der Waals surface area contributed by atoms with Crippen molar-refractivity contribution in [3.8, 4) is 0 Å². The van der Waals surface area contributed by atoms with Gasteiger partial charge in [-0.25, -0.2) is 4.79 Å². The normalized spacial score (nSPS) is 22.1. The number of carbonyl (C=O) groups is 2. The van der Waals surface area contributed by atoms with Gasteiger partial charge < -0.3 is 10.1 Å². The molecule has 0 bridgehead atoms. The molecule has 0 saturated carbocycles. The third kappa shape index (κ3) is 2.47. The van der Waals surface area contributed by atoms with Gasteiger partial charge in [0, 0.05) is 25.7 Å². The summed E-state index contributed by atoms with van der Waals surface area (Å²) in [5.74, 6) is -0.162. The van der Waals surface area contributed by atoms with E-state index in [2.05, 4.69) is 5.32 Å². The van der Waals surface area contributed by atoms with Gasteiger partial charge in [-0.3, -0.25) is 9.69 Å². The number of hydrogen-bond acceptors (Lipinski definition) is 3. The lowest BCUT2D eigenvalue weighted by molar-refractivity contribution is -0.130. The number of nitrogens with one attached hydrogen (secondary N) is 1. The maximum absolute atomic E-state index is 11.9. The van der Waals surface area contributed by atoms with Crippen molar-refractivity contribution in [3.05, 3.63) is 0 Å². The molecule has 3 amide bonds. The van der Waals surface area contributed by atoms with E-state index in [1.165, 1.54) is 4.90 Å². The summed E-state index contributed by atoms with van der Waals surface area (Å²) in [5.41, 5.74) is -0.469. The summed E-state index contributed by atoms with van der Waals surface area (Å²) >= 11 is 0. The van der Waals surface area contributed by atoms with Gasteiger partial charge in [0.2, 0.25) is 0 Å². The minimum atomic E-state index is -0.469. The Labute approximate surface area is 89.8 Å². The molecular weight excluding hydrogens is 196 g/mol. The van der Waals surface area contributed by atoms with Gasteiger partial charge in [0.25, 0.3) is 5.91 Å². The van der Waals surface area contributed by atoms with E-state index in [4.69, 9.17) is 4.74 Å². The minimum Gasteiger partial charge on any atom is -0.385 e. The van der Waals surface area contributed by atoms with Gasteiger partial charge in [-0.2, -0.15) is 0 Å². The number of nitrogens with zero attached hydrogens (tertiary/aromatic N) is 1.